The molecule has 0 unspecified atom stereocenters. The van der Waals surface area contributed by atoms with Gasteiger partial charge in [0.1, 0.15) is 6.54 Å². The Morgan fingerprint density at radius 3 is 2.48 bits per heavy atom. The van der Waals surface area contributed by atoms with E-state index < -0.39 is 0 Å². The van der Waals surface area contributed by atoms with Crippen molar-refractivity contribution in [3.63, 3.8) is 0 Å². The number of carbonyl (C=O) groups excluding carboxylic acids is 2. The van der Waals surface area contributed by atoms with Crippen LogP contribution in [-0.4, -0.2) is 45.3 Å². The Hall–Kier alpha value is -1.98. The van der Waals surface area contributed by atoms with E-state index in [-0.39, 0.29) is 30.3 Å². The highest BCUT2D eigenvalue weighted by molar-refractivity contribution is 6.36. The maximum atomic E-state index is 13.2. The van der Waals surface area contributed by atoms with E-state index in [2.05, 4.69) is 0 Å². The van der Waals surface area contributed by atoms with E-state index in [1.54, 1.807) is 23.1 Å². The lowest BCUT2D eigenvalue weighted by Crippen LogP contribution is -2.45. The Morgan fingerprint density at radius 1 is 1.21 bits per heavy atom. The molecule has 2 amide bonds. The molecule has 7 heteroatoms. The van der Waals surface area contributed by atoms with E-state index in [1.165, 1.54) is 0 Å². The fraction of sp³-hybridized carbons (Fsp3) is 0.455. The summed E-state index contributed by atoms with van der Waals surface area (Å²) in [6, 6.07) is 9.06. The summed E-state index contributed by atoms with van der Waals surface area (Å²) in [4.78, 5) is 29.9. The van der Waals surface area contributed by atoms with Crippen molar-refractivity contribution in [3.8, 4) is 0 Å². The molecular weight excluding hydrogens is 409 g/mol. The van der Waals surface area contributed by atoms with Crippen molar-refractivity contribution < 1.29 is 9.59 Å². The molecule has 1 saturated carbocycles. The number of halogens is 2. The van der Waals surface area contributed by atoms with Gasteiger partial charge in [0.25, 0.3) is 5.91 Å². The zero-order valence-electron chi connectivity index (χ0n) is 17.1. The van der Waals surface area contributed by atoms with Gasteiger partial charge in [0.15, 0.2) is 0 Å². The van der Waals surface area contributed by atoms with Gasteiger partial charge in [-0.2, -0.15) is 0 Å². The molecule has 29 heavy (non-hydrogen) atoms. The van der Waals surface area contributed by atoms with Gasteiger partial charge in [-0.1, -0.05) is 37.0 Å². The lowest BCUT2D eigenvalue weighted by molar-refractivity contribution is -0.133. The molecular formula is C22H27Cl2N3O2. The third-order valence-electron chi connectivity index (χ3n) is 5.05. The van der Waals surface area contributed by atoms with Crippen LogP contribution in [0.3, 0.4) is 0 Å². The molecule has 1 aliphatic rings. The monoisotopic (exact) mass is 435 g/mol. The first-order chi connectivity index (χ1) is 13.8. The summed E-state index contributed by atoms with van der Waals surface area (Å²) in [6.45, 7) is 5.12. The molecule has 0 N–H and O–H groups in total. The van der Waals surface area contributed by atoms with Crippen LogP contribution in [0.15, 0.2) is 36.5 Å². The van der Waals surface area contributed by atoms with Crippen LogP contribution in [0.2, 0.25) is 10.0 Å². The maximum absolute atomic E-state index is 13.2. The molecule has 1 fully saturated rings. The Balaban J connectivity index is 1.78. The number of nitrogens with zero attached hydrogens (tertiary/aromatic N) is 3. The average molecular weight is 436 g/mol. The van der Waals surface area contributed by atoms with Gasteiger partial charge in [-0.25, -0.2) is 0 Å². The number of hydrogen-bond acceptors (Lipinski definition) is 2. The molecule has 2 aromatic rings. The first-order valence-corrected chi connectivity index (χ1v) is 10.7. The number of rotatable bonds is 8. The summed E-state index contributed by atoms with van der Waals surface area (Å²) >= 11 is 12.2. The summed E-state index contributed by atoms with van der Waals surface area (Å²) < 4.78 is 2.02. The number of benzene rings is 1. The van der Waals surface area contributed by atoms with Gasteiger partial charge in [-0.3, -0.25) is 9.59 Å². The maximum Gasteiger partial charge on any atom is 0.255 e. The molecule has 5 nitrogen and oxygen atoms in total. The molecule has 1 aromatic heterocycles. The summed E-state index contributed by atoms with van der Waals surface area (Å²) in [5.74, 6) is -0.0591. The predicted octanol–water partition coefficient (Wildman–Crippen LogP) is 4.62. The Morgan fingerprint density at radius 2 is 1.93 bits per heavy atom. The molecule has 1 aliphatic carbocycles. The van der Waals surface area contributed by atoms with Crippen molar-refractivity contribution in [1.82, 2.24) is 14.4 Å². The molecule has 0 aliphatic heterocycles. The van der Waals surface area contributed by atoms with E-state index >= 15 is 0 Å². The number of hydrogen-bond donors (Lipinski definition) is 0. The van der Waals surface area contributed by atoms with Crippen molar-refractivity contribution in [1.29, 1.82) is 0 Å². The van der Waals surface area contributed by atoms with Gasteiger partial charge < -0.3 is 14.4 Å². The topological polar surface area (TPSA) is 45.6 Å². The van der Waals surface area contributed by atoms with E-state index in [9.17, 15) is 9.59 Å². The largest absolute Gasteiger partial charge is 0.353 e. The van der Waals surface area contributed by atoms with Crippen molar-refractivity contribution >= 4 is 35.0 Å². The highest BCUT2D eigenvalue weighted by Crippen LogP contribution is 2.29. The number of aryl methyl sites for hydroxylation is 1. The molecule has 0 atom stereocenters. The molecule has 3 rings (SSSR count). The van der Waals surface area contributed by atoms with E-state index in [4.69, 9.17) is 23.2 Å². The summed E-state index contributed by atoms with van der Waals surface area (Å²) in [5, 5.41) is 0.770. The standard InChI is InChI=1S/C22H27Cl2N3O2/c1-15(2)12-26(22(29)19-9-6-16(23)11-20(19)24)14-21(28)27(17-7-8-17)13-18-5-4-10-25(18)3/h4-6,9-11,15,17H,7-8,12-14H2,1-3H3. The zero-order valence-corrected chi connectivity index (χ0v) is 18.6. The molecule has 1 heterocycles. The average Bonchev–Trinajstić information content (AvgIpc) is 3.40. The third-order valence-corrected chi connectivity index (χ3v) is 5.60. The van der Waals surface area contributed by atoms with E-state index in [0.29, 0.717) is 28.7 Å². The van der Waals surface area contributed by atoms with Crippen LogP contribution in [0.1, 0.15) is 42.7 Å². The SMILES string of the molecule is CC(C)CN(CC(=O)N(Cc1cccn1C)C1CC1)C(=O)c1ccc(Cl)cc1Cl. The van der Waals surface area contributed by atoms with Gasteiger partial charge in [0, 0.05) is 36.5 Å². The minimum atomic E-state index is -0.247. The molecule has 1 aromatic carbocycles. The summed E-state index contributed by atoms with van der Waals surface area (Å²) in [5.41, 5.74) is 1.44. The van der Waals surface area contributed by atoms with Gasteiger partial charge in [0.05, 0.1) is 17.1 Å². The van der Waals surface area contributed by atoms with E-state index in [1.807, 2.05) is 48.7 Å². The molecule has 156 valence electrons. The highest BCUT2D eigenvalue weighted by atomic mass is 35.5. The second kappa shape index (κ2) is 9.23. The van der Waals surface area contributed by atoms with Crippen LogP contribution in [0.25, 0.3) is 0 Å². The summed E-state index contributed by atoms with van der Waals surface area (Å²) in [6.07, 6.45) is 4.00. The van der Waals surface area contributed by atoms with Gasteiger partial charge in [0.2, 0.25) is 5.91 Å². The third kappa shape index (κ3) is 5.55. The van der Waals surface area contributed by atoms with Gasteiger partial charge in [-0.15, -0.1) is 0 Å². The smallest absolute Gasteiger partial charge is 0.255 e. The Bertz CT molecular complexity index is 890. The van der Waals surface area contributed by atoms with Crippen LogP contribution in [0.4, 0.5) is 0 Å². The lowest BCUT2D eigenvalue weighted by Gasteiger charge is -2.29. The molecule has 0 spiro atoms. The van der Waals surface area contributed by atoms with Crippen molar-refractivity contribution in [3.05, 3.63) is 57.8 Å². The van der Waals surface area contributed by atoms with Crippen LogP contribution in [0, 0.1) is 5.92 Å². The minimum absolute atomic E-state index is 0.0345. The first kappa shape index (κ1) is 21.7. The van der Waals surface area contributed by atoms with Crippen LogP contribution >= 0.6 is 23.2 Å². The normalized spacial score (nSPS) is 13.6. The van der Waals surface area contributed by atoms with Crippen molar-refractivity contribution in [2.75, 3.05) is 13.1 Å². The predicted molar refractivity (Wildman–Crippen MR) is 116 cm³/mol. The molecule has 0 bridgehead atoms. The minimum Gasteiger partial charge on any atom is -0.353 e. The first-order valence-electron chi connectivity index (χ1n) is 9.90. The van der Waals surface area contributed by atoms with Crippen molar-refractivity contribution in [2.45, 2.75) is 39.3 Å². The van der Waals surface area contributed by atoms with Crippen LogP contribution in [-0.2, 0) is 18.4 Å². The van der Waals surface area contributed by atoms with Gasteiger partial charge >= 0.3 is 0 Å². The van der Waals surface area contributed by atoms with Crippen LogP contribution in [0.5, 0.6) is 0 Å². The van der Waals surface area contributed by atoms with Gasteiger partial charge in [-0.05, 0) is 49.1 Å². The lowest BCUT2D eigenvalue weighted by atomic mass is 10.1. The Kier molecular flexibility index (Phi) is 6.91. The quantitative estimate of drug-likeness (QED) is 0.606. The molecule has 0 radical (unpaired) electrons. The second-order valence-electron chi connectivity index (χ2n) is 8.07. The fourth-order valence-corrected chi connectivity index (χ4v) is 3.88. The van der Waals surface area contributed by atoms with E-state index in [0.717, 1.165) is 18.5 Å². The highest BCUT2D eigenvalue weighted by Gasteiger charge is 2.34. The van der Waals surface area contributed by atoms with Crippen molar-refractivity contribution in [2.24, 2.45) is 13.0 Å². The zero-order chi connectivity index (χ0) is 21.1. The fourth-order valence-electron chi connectivity index (χ4n) is 3.39. The molecule has 0 saturated heterocycles. The van der Waals surface area contributed by atoms with Crippen LogP contribution < -0.4 is 0 Å². The second-order valence-corrected chi connectivity index (χ2v) is 8.91. The number of amides is 2. The Labute approximate surface area is 182 Å². The number of aromatic nitrogens is 1. The summed E-state index contributed by atoms with van der Waals surface area (Å²) in [7, 11) is 1.97. The number of carbonyl (C=O) groups is 2.